The average Bonchev–Trinajstić information content (AvgIpc) is 3.86. The first-order chi connectivity index (χ1) is 27.3. The number of hydrogen-bond acceptors (Lipinski definition) is 1. The van der Waals surface area contributed by atoms with Crippen molar-refractivity contribution in [1.82, 2.24) is 4.57 Å². The van der Waals surface area contributed by atoms with Gasteiger partial charge in [0.15, 0.2) is 0 Å². The molecular weight excluding hydrogens is 665 g/mol. The Bertz CT molecular complexity index is 3100. The van der Waals surface area contributed by atoms with E-state index >= 15 is 0 Å². The Morgan fingerprint density at radius 2 is 0.836 bits per heavy atom. The van der Waals surface area contributed by atoms with Crippen molar-refractivity contribution in [2.45, 2.75) is 5.41 Å². The lowest BCUT2D eigenvalue weighted by atomic mass is 9.70. The van der Waals surface area contributed by atoms with Crippen LogP contribution in [0.1, 0.15) is 22.3 Å². The van der Waals surface area contributed by atoms with Crippen LogP contribution in [0, 0.1) is 0 Å². The maximum atomic E-state index is 2.49. The molecule has 9 aromatic carbocycles. The van der Waals surface area contributed by atoms with Gasteiger partial charge < -0.3 is 9.47 Å². The van der Waals surface area contributed by atoms with Crippen molar-refractivity contribution in [2.24, 2.45) is 0 Å². The third-order valence-corrected chi connectivity index (χ3v) is 12.2. The van der Waals surface area contributed by atoms with E-state index < -0.39 is 5.41 Å². The minimum atomic E-state index is -0.419. The lowest BCUT2D eigenvalue weighted by Crippen LogP contribution is -2.26. The summed E-state index contributed by atoms with van der Waals surface area (Å²) in [4.78, 5) is 2.46. The standard InChI is InChI=1S/C53H34N2/c1-2-16-37(17-3-1)55-51-25-13-9-21-45(51)46-33-39(29-31-52(46)55)54(38-27-26-35-14-4-5-15-36(35)32-38)40-28-30-44-43-20-8-12-24-49(43)53(50(44)34-40)47-22-10-6-18-41(47)42-19-7-11-23-48(42)53/h1-34H. The van der Waals surface area contributed by atoms with E-state index in [1.807, 2.05) is 0 Å². The molecular formula is C53H34N2. The van der Waals surface area contributed by atoms with Crippen molar-refractivity contribution in [3.63, 3.8) is 0 Å². The molecule has 2 heteroatoms. The van der Waals surface area contributed by atoms with Gasteiger partial charge in [0.2, 0.25) is 0 Å². The zero-order chi connectivity index (χ0) is 36.1. The van der Waals surface area contributed by atoms with E-state index in [0.717, 1.165) is 22.7 Å². The molecule has 0 radical (unpaired) electrons. The number of aromatic nitrogens is 1. The van der Waals surface area contributed by atoms with Gasteiger partial charge in [-0.15, -0.1) is 0 Å². The highest BCUT2D eigenvalue weighted by Crippen LogP contribution is 2.63. The molecule has 1 spiro atoms. The van der Waals surface area contributed by atoms with Gasteiger partial charge in [-0.05, 0) is 116 Å². The second kappa shape index (κ2) is 11.4. The molecule has 2 aliphatic rings. The monoisotopic (exact) mass is 698 g/mol. The molecule has 1 heterocycles. The molecule has 12 rings (SSSR count). The van der Waals surface area contributed by atoms with Gasteiger partial charge in [0.05, 0.1) is 16.4 Å². The molecule has 0 saturated carbocycles. The van der Waals surface area contributed by atoms with Crippen LogP contribution in [0.2, 0.25) is 0 Å². The summed E-state index contributed by atoms with van der Waals surface area (Å²) in [7, 11) is 0. The van der Waals surface area contributed by atoms with Crippen LogP contribution in [-0.2, 0) is 5.41 Å². The summed E-state index contributed by atoms with van der Waals surface area (Å²) in [6, 6.07) is 76.3. The fourth-order valence-electron chi connectivity index (χ4n) is 9.94. The number of nitrogens with zero attached hydrogens (tertiary/aromatic N) is 2. The van der Waals surface area contributed by atoms with Gasteiger partial charge in [0.1, 0.15) is 0 Å². The lowest BCUT2D eigenvalue weighted by molar-refractivity contribution is 0.793. The highest BCUT2D eigenvalue weighted by molar-refractivity contribution is 6.11. The normalized spacial score (nSPS) is 13.2. The Kier molecular flexibility index (Phi) is 6.29. The second-order valence-electron chi connectivity index (χ2n) is 14.9. The Labute approximate surface area is 319 Å². The predicted molar refractivity (Wildman–Crippen MR) is 229 cm³/mol. The molecule has 0 aliphatic heterocycles. The Morgan fingerprint density at radius 3 is 1.56 bits per heavy atom. The van der Waals surface area contributed by atoms with Crippen LogP contribution in [0.4, 0.5) is 17.1 Å². The van der Waals surface area contributed by atoms with E-state index in [4.69, 9.17) is 0 Å². The SMILES string of the molecule is c1ccc(-n2c3ccccc3c3cc(N(c4ccc5c(c4)C4(c6ccccc6-c6ccccc64)c4ccccc4-5)c4ccc5ccccc5c4)ccc32)cc1. The van der Waals surface area contributed by atoms with Crippen molar-refractivity contribution < 1.29 is 0 Å². The first-order valence-electron chi connectivity index (χ1n) is 19.1. The first-order valence-corrected chi connectivity index (χ1v) is 19.1. The maximum Gasteiger partial charge on any atom is 0.0726 e. The van der Waals surface area contributed by atoms with Gasteiger partial charge in [-0.1, -0.05) is 146 Å². The number of para-hydroxylation sites is 2. The number of rotatable bonds is 4. The van der Waals surface area contributed by atoms with Gasteiger partial charge in [0, 0.05) is 33.5 Å². The molecule has 256 valence electrons. The molecule has 0 fully saturated rings. The van der Waals surface area contributed by atoms with Crippen LogP contribution >= 0.6 is 0 Å². The van der Waals surface area contributed by atoms with E-state index in [9.17, 15) is 0 Å². The number of fused-ring (bicyclic) bond motifs is 14. The fraction of sp³-hybridized carbons (Fsp3) is 0.0189. The van der Waals surface area contributed by atoms with E-state index in [1.165, 1.54) is 77.1 Å². The van der Waals surface area contributed by atoms with Crippen LogP contribution in [-0.4, -0.2) is 4.57 Å². The summed E-state index contributed by atoms with van der Waals surface area (Å²) < 4.78 is 2.39. The summed E-state index contributed by atoms with van der Waals surface area (Å²) in [5.74, 6) is 0. The maximum absolute atomic E-state index is 2.49. The van der Waals surface area contributed by atoms with E-state index in [-0.39, 0.29) is 0 Å². The van der Waals surface area contributed by atoms with Crippen LogP contribution in [0.3, 0.4) is 0 Å². The van der Waals surface area contributed by atoms with E-state index in [1.54, 1.807) is 0 Å². The third kappa shape index (κ3) is 4.14. The second-order valence-corrected chi connectivity index (χ2v) is 14.9. The van der Waals surface area contributed by atoms with Crippen LogP contribution < -0.4 is 4.90 Å². The number of hydrogen-bond donors (Lipinski definition) is 0. The van der Waals surface area contributed by atoms with Gasteiger partial charge in [0.25, 0.3) is 0 Å². The summed E-state index contributed by atoms with van der Waals surface area (Å²) in [6.45, 7) is 0. The fourth-order valence-corrected chi connectivity index (χ4v) is 9.94. The molecule has 0 unspecified atom stereocenters. The van der Waals surface area contributed by atoms with Crippen molar-refractivity contribution in [1.29, 1.82) is 0 Å². The Morgan fingerprint density at radius 1 is 0.327 bits per heavy atom. The third-order valence-electron chi connectivity index (χ3n) is 12.2. The van der Waals surface area contributed by atoms with Crippen molar-refractivity contribution in [3.8, 4) is 27.9 Å². The molecule has 0 amide bonds. The smallest absolute Gasteiger partial charge is 0.0726 e. The van der Waals surface area contributed by atoms with Crippen molar-refractivity contribution >= 4 is 49.6 Å². The largest absolute Gasteiger partial charge is 0.310 e. The lowest BCUT2D eigenvalue weighted by Gasteiger charge is -2.32. The molecule has 0 bridgehead atoms. The molecule has 0 saturated heterocycles. The topological polar surface area (TPSA) is 8.17 Å². The number of anilines is 3. The highest BCUT2D eigenvalue weighted by atomic mass is 15.1. The van der Waals surface area contributed by atoms with Crippen LogP contribution in [0.5, 0.6) is 0 Å². The minimum absolute atomic E-state index is 0.419. The molecule has 1 aromatic heterocycles. The Balaban J connectivity index is 1.14. The highest BCUT2D eigenvalue weighted by Gasteiger charge is 2.51. The molecule has 55 heavy (non-hydrogen) atoms. The quantitative estimate of drug-likeness (QED) is 0.178. The van der Waals surface area contributed by atoms with Gasteiger partial charge in [-0.3, -0.25) is 0 Å². The van der Waals surface area contributed by atoms with E-state index in [2.05, 4.69) is 216 Å². The Hall–Kier alpha value is -7.16. The minimum Gasteiger partial charge on any atom is -0.310 e. The molecule has 0 N–H and O–H groups in total. The average molecular weight is 699 g/mol. The summed E-state index contributed by atoms with van der Waals surface area (Å²) in [6.07, 6.45) is 0. The summed E-state index contributed by atoms with van der Waals surface area (Å²) >= 11 is 0. The van der Waals surface area contributed by atoms with Crippen LogP contribution in [0.15, 0.2) is 206 Å². The summed E-state index contributed by atoms with van der Waals surface area (Å²) in [5.41, 5.74) is 17.1. The summed E-state index contributed by atoms with van der Waals surface area (Å²) in [5, 5.41) is 4.92. The van der Waals surface area contributed by atoms with Crippen molar-refractivity contribution in [2.75, 3.05) is 4.90 Å². The van der Waals surface area contributed by atoms with E-state index in [0.29, 0.717) is 0 Å². The van der Waals surface area contributed by atoms with Crippen LogP contribution in [0.25, 0.3) is 60.5 Å². The first kappa shape index (κ1) is 30.3. The molecule has 2 nitrogen and oxygen atoms in total. The molecule has 2 aliphatic carbocycles. The van der Waals surface area contributed by atoms with Gasteiger partial charge in [-0.25, -0.2) is 0 Å². The number of benzene rings is 9. The van der Waals surface area contributed by atoms with Gasteiger partial charge in [-0.2, -0.15) is 0 Å². The zero-order valence-electron chi connectivity index (χ0n) is 30.0. The molecule has 10 aromatic rings. The van der Waals surface area contributed by atoms with Gasteiger partial charge >= 0.3 is 0 Å². The zero-order valence-corrected chi connectivity index (χ0v) is 30.0. The predicted octanol–water partition coefficient (Wildman–Crippen LogP) is 13.8. The van der Waals surface area contributed by atoms with Crippen molar-refractivity contribution in [3.05, 3.63) is 229 Å². The molecule has 0 atom stereocenters.